The molecule has 0 atom stereocenters. The van der Waals surface area contributed by atoms with Crippen molar-refractivity contribution in [3.05, 3.63) is 12.2 Å². The number of hydrogen-bond acceptors (Lipinski definition) is 2. The van der Waals surface area contributed by atoms with Gasteiger partial charge in [0.2, 0.25) is 0 Å². The molecule has 0 bridgehead atoms. The number of esters is 1. The van der Waals surface area contributed by atoms with Gasteiger partial charge in [-0.3, -0.25) is 4.79 Å². The minimum atomic E-state index is 0.0186. The summed E-state index contributed by atoms with van der Waals surface area (Å²) in [5.74, 6) is 0.0186. The van der Waals surface area contributed by atoms with Crippen molar-refractivity contribution in [2.75, 3.05) is 0 Å². The van der Waals surface area contributed by atoms with Crippen molar-refractivity contribution in [2.24, 2.45) is 0 Å². The van der Waals surface area contributed by atoms with Crippen LogP contribution in [0.5, 0.6) is 0 Å². The summed E-state index contributed by atoms with van der Waals surface area (Å²) in [6.45, 7) is 2.27. The Morgan fingerprint density at radius 2 is 1.35 bits per heavy atom. The van der Waals surface area contributed by atoms with Crippen LogP contribution >= 0.6 is 0 Å². The van der Waals surface area contributed by atoms with Crippen LogP contribution < -0.4 is 0 Å². The summed E-state index contributed by atoms with van der Waals surface area (Å²) in [5, 5.41) is 0. The zero-order chi connectivity index (χ0) is 16.6. The van der Waals surface area contributed by atoms with E-state index in [0.717, 1.165) is 19.3 Å². The largest absolute Gasteiger partial charge is 0.462 e. The molecule has 2 nitrogen and oxygen atoms in total. The highest BCUT2D eigenvalue weighted by atomic mass is 16.5. The second kappa shape index (κ2) is 14.8. The Morgan fingerprint density at radius 1 is 0.826 bits per heavy atom. The molecule has 0 aromatic heterocycles. The fourth-order valence-corrected chi connectivity index (χ4v) is 2.77. The van der Waals surface area contributed by atoms with E-state index in [1.54, 1.807) is 0 Å². The van der Waals surface area contributed by atoms with Gasteiger partial charge in [-0.05, 0) is 44.9 Å². The number of rotatable bonds is 16. The first-order chi connectivity index (χ1) is 11.3. The number of hydrogen-bond donors (Lipinski definition) is 0. The maximum absolute atomic E-state index is 11.4. The lowest BCUT2D eigenvalue weighted by atomic mass is 10.1. The van der Waals surface area contributed by atoms with Gasteiger partial charge in [-0.1, -0.05) is 70.4 Å². The molecule has 23 heavy (non-hydrogen) atoms. The van der Waals surface area contributed by atoms with Crippen molar-refractivity contribution in [1.82, 2.24) is 0 Å². The summed E-state index contributed by atoms with van der Waals surface area (Å²) in [4.78, 5) is 11.4. The standard InChI is InChI=1S/C21H38O2/c1-2-3-4-5-6-7-8-9-10-11-12-13-14-15-16-17-21(22)23-20-18-19-20/h9-10,20H,2-8,11-19H2,1H3/b10-9-. The van der Waals surface area contributed by atoms with E-state index in [2.05, 4.69) is 19.1 Å². The first kappa shape index (κ1) is 20.3. The van der Waals surface area contributed by atoms with Crippen LogP contribution in [0.25, 0.3) is 0 Å². The molecular weight excluding hydrogens is 284 g/mol. The molecule has 0 heterocycles. The van der Waals surface area contributed by atoms with Gasteiger partial charge in [0, 0.05) is 6.42 Å². The number of unbranched alkanes of at least 4 members (excludes halogenated alkanes) is 11. The molecule has 0 aromatic carbocycles. The van der Waals surface area contributed by atoms with E-state index in [9.17, 15) is 4.79 Å². The van der Waals surface area contributed by atoms with E-state index in [1.165, 1.54) is 77.0 Å². The topological polar surface area (TPSA) is 26.3 Å². The third-order valence-corrected chi connectivity index (χ3v) is 4.47. The molecule has 1 aliphatic rings. The van der Waals surface area contributed by atoms with Gasteiger partial charge in [0.05, 0.1) is 0 Å². The van der Waals surface area contributed by atoms with E-state index in [0.29, 0.717) is 6.42 Å². The zero-order valence-electron chi connectivity index (χ0n) is 15.4. The number of ether oxygens (including phenoxy) is 1. The molecule has 0 unspecified atom stereocenters. The first-order valence-electron chi connectivity index (χ1n) is 10.2. The van der Waals surface area contributed by atoms with Crippen LogP contribution in [0.2, 0.25) is 0 Å². The van der Waals surface area contributed by atoms with Crippen LogP contribution in [0.3, 0.4) is 0 Å². The van der Waals surface area contributed by atoms with Crippen LogP contribution in [0.1, 0.15) is 110 Å². The Balaban J connectivity index is 1.71. The molecule has 134 valence electrons. The Kier molecular flexibility index (Phi) is 13.0. The highest BCUT2D eigenvalue weighted by molar-refractivity contribution is 5.69. The summed E-state index contributed by atoms with van der Waals surface area (Å²) < 4.78 is 5.23. The van der Waals surface area contributed by atoms with Crippen molar-refractivity contribution in [3.8, 4) is 0 Å². The minimum absolute atomic E-state index is 0.0186. The van der Waals surface area contributed by atoms with Gasteiger partial charge in [0.25, 0.3) is 0 Å². The van der Waals surface area contributed by atoms with E-state index in [-0.39, 0.29) is 12.1 Å². The summed E-state index contributed by atoms with van der Waals surface area (Å²) in [6.07, 6.45) is 24.6. The maximum Gasteiger partial charge on any atom is 0.306 e. The van der Waals surface area contributed by atoms with E-state index in [1.807, 2.05) is 0 Å². The van der Waals surface area contributed by atoms with E-state index < -0.39 is 0 Å². The van der Waals surface area contributed by atoms with Crippen molar-refractivity contribution in [3.63, 3.8) is 0 Å². The molecule has 0 radical (unpaired) electrons. The van der Waals surface area contributed by atoms with Gasteiger partial charge in [0.1, 0.15) is 6.10 Å². The zero-order valence-corrected chi connectivity index (χ0v) is 15.4. The Morgan fingerprint density at radius 3 is 1.91 bits per heavy atom. The predicted octanol–water partition coefficient (Wildman–Crippen LogP) is 6.73. The average molecular weight is 323 g/mol. The van der Waals surface area contributed by atoms with E-state index in [4.69, 9.17) is 4.74 Å². The van der Waals surface area contributed by atoms with Crippen molar-refractivity contribution in [1.29, 1.82) is 0 Å². The monoisotopic (exact) mass is 322 g/mol. The normalized spacial score (nSPS) is 14.5. The van der Waals surface area contributed by atoms with Gasteiger partial charge in [0.15, 0.2) is 0 Å². The molecule has 0 aliphatic heterocycles. The minimum Gasteiger partial charge on any atom is -0.462 e. The lowest BCUT2D eigenvalue weighted by Crippen LogP contribution is -2.05. The third-order valence-electron chi connectivity index (χ3n) is 4.47. The molecule has 1 fully saturated rings. The summed E-state index contributed by atoms with van der Waals surface area (Å²) in [6, 6.07) is 0. The van der Waals surface area contributed by atoms with Crippen molar-refractivity contribution in [2.45, 2.75) is 116 Å². The Bertz CT molecular complexity index is 305. The van der Waals surface area contributed by atoms with Gasteiger partial charge in [-0.2, -0.15) is 0 Å². The molecule has 0 amide bonds. The smallest absolute Gasteiger partial charge is 0.306 e. The fourth-order valence-electron chi connectivity index (χ4n) is 2.77. The fraction of sp³-hybridized carbons (Fsp3) is 0.857. The van der Waals surface area contributed by atoms with Crippen LogP contribution in [0.15, 0.2) is 12.2 Å². The summed E-state index contributed by atoms with van der Waals surface area (Å²) in [5.41, 5.74) is 0. The van der Waals surface area contributed by atoms with Crippen molar-refractivity contribution >= 4 is 5.97 Å². The number of allylic oxidation sites excluding steroid dienone is 2. The maximum atomic E-state index is 11.4. The molecule has 2 heteroatoms. The first-order valence-corrected chi connectivity index (χ1v) is 10.2. The van der Waals surface area contributed by atoms with Crippen LogP contribution in [-0.4, -0.2) is 12.1 Å². The Labute approximate surface area is 144 Å². The van der Waals surface area contributed by atoms with Crippen LogP contribution in [0, 0.1) is 0 Å². The highest BCUT2D eigenvalue weighted by Gasteiger charge is 2.25. The van der Waals surface area contributed by atoms with Gasteiger partial charge in [-0.25, -0.2) is 0 Å². The van der Waals surface area contributed by atoms with E-state index >= 15 is 0 Å². The van der Waals surface area contributed by atoms with Gasteiger partial charge < -0.3 is 4.74 Å². The second-order valence-electron chi connectivity index (χ2n) is 7.02. The molecule has 0 spiro atoms. The van der Waals surface area contributed by atoms with Crippen LogP contribution in [-0.2, 0) is 9.53 Å². The Hall–Kier alpha value is -0.790. The second-order valence-corrected chi connectivity index (χ2v) is 7.02. The number of carbonyl (C=O) groups excluding carboxylic acids is 1. The summed E-state index contributed by atoms with van der Waals surface area (Å²) in [7, 11) is 0. The lowest BCUT2D eigenvalue weighted by molar-refractivity contribution is -0.145. The van der Waals surface area contributed by atoms with Gasteiger partial charge >= 0.3 is 5.97 Å². The third kappa shape index (κ3) is 14.5. The molecule has 1 saturated carbocycles. The SMILES string of the molecule is CCCCCCCC/C=C\CCCCCCCC(=O)OC1CC1. The lowest BCUT2D eigenvalue weighted by Gasteiger charge is -2.02. The highest BCUT2D eigenvalue weighted by Crippen LogP contribution is 2.24. The average Bonchev–Trinajstić information content (AvgIpc) is 3.35. The molecule has 0 saturated heterocycles. The van der Waals surface area contributed by atoms with Crippen molar-refractivity contribution < 1.29 is 9.53 Å². The predicted molar refractivity (Wildman–Crippen MR) is 98.6 cm³/mol. The quantitative estimate of drug-likeness (QED) is 0.179. The molecule has 1 aliphatic carbocycles. The summed E-state index contributed by atoms with van der Waals surface area (Å²) >= 11 is 0. The molecular formula is C21H38O2. The van der Waals surface area contributed by atoms with Gasteiger partial charge in [-0.15, -0.1) is 0 Å². The molecule has 1 rings (SSSR count). The number of carbonyl (C=O) groups is 1. The van der Waals surface area contributed by atoms with Crippen LogP contribution in [0.4, 0.5) is 0 Å². The molecule has 0 N–H and O–H groups in total. The molecule has 0 aromatic rings.